The van der Waals surface area contributed by atoms with Gasteiger partial charge in [-0.25, -0.2) is 0 Å². The van der Waals surface area contributed by atoms with Crippen molar-refractivity contribution in [3.05, 3.63) is 40.2 Å². The lowest BCUT2D eigenvalue weighted by molar-refractivity contribution is 1.47. The molecular weight excluding hydrogens is 234 g/mol. The molecule has 0 atom stereocenters. The van der Waals surface area contributed by atoms with E-state index in [4.69, 9.17) is 5.26 Å². The molecule has 0 bridgehead atoms. The van der Waals surface area contributed by atoms with Crippen molar-refractivity contribution < 1.29 is 0 Å². The first kappa shape index (κ1) is 9.37. The van der Waals surface area contributed by atoms with Crippen molar-refractivity contribution in [1.29, 1.82) is 5.26 Å². The van der Waals surface area contributed by atoms with Gasteiger partial charge in [-0.2, -0.15) is 5.26 Å². The molecule has 60 valence electrons. The third kappa shape index (κ3) is 3.12. The number of hydrogen-bond acceptors (Lipinski definition) is 2. The number of halogens is 1. The summed E-state index contributed by atoms with van der Waals surface area (Å²) in [5.41, 5.74) is 0. The van der Waals surface area contributed by atoms with Gasteiger partial charge in [-0.15, -0.1) is 0 Å². The Morgan fingerprint density at radius 1 is 1.42 bits per heavy atom. The fourth-order valence-corrected chi connectivity index (χ4v) is 1.53. The summed E-state index contributed by atoms with van der Waals surface area (Å²) in [5, 5.41) is 10.2. The Labute approximate surface area is 84.2 Å². The second-order valence-electron chi connectivity index (χ2n) is 2.01. The van der Waals surface area contributed by atoms with E-state index < -0.39 is 0 Å². The van der Waals surface area contributed by atoms with Crippen LogP contribution in [-0.4, -0.2) is 0 Å². The van der Waals surface area contributed by atoms with E-state index in [0.29, 0.717) is 4.48 Å². The Kier molecular flexibility index (Phi) is 3.92. The zero-order valence-corrected chi connectivity index (χ0v) is 8.60. The van der Waals surface area contributed by atoms with Gasteiger partial charge in [-0.1, -0.05) is 30.0 Å². The molecule has 0 saturated heterocycles. The Balaban J connectivity index is 2.61. The van der Waals surface area contributed by atoms with E-state index in [1.54, 1.807) is 5.41 Å². The molecule has 0 aliphatic heterocycles. The maximum Gasteiger partial charge on any atom is 0.107 e. The normalized spacial score (nSPS) is 10.8. The third-order valence-corrected chi connectivity index (χ3v) is 2.76. The van der Waals surface area contributed by atoms with E-state index in [1.807, 2.05) is 36.4 Å². The molecule has 0 radical (unpaired) electrons. The van der Waals surface area contributed by atoms with Gasteiger partial charge in [0.25, 0.3) is 0 Å². The van der Waals surface area contributed by atoms with Crippen LogP contribution in [-0.2, 0) is 0 Å². The first-order chi connectivity index (χ1) is 5.83. The summed E-state index contributed by atoms with van der Waals surface area (Å²) in [6, 6.07) is 11.9. The van der Waals surface area contributed by atoms with E-state index in [2.05, 4.69) is 15.9 Å². The van der Waals surface area contributed by atoms with Crippen LogP contribution in [0.25, 0.3) is 0 Å². The average Bonchev–Trinajstić information content (AvgIpc) is 2.16. The maximum absolute atomic E-state index is 8.43. The smallest absolute Gasteiger partial charge is 0.107 e. The lowest BCUT2D eigenvalue weighted by atomic mass is 10.4. The molecule has 1 aromatic carbocycles. The number of nitrogens with zero attached hydrogens (tertiary/aromatic N) is 1. The SMILES string of the molecule is N#C/C(Br)=C\Sc1ccccc1. The van der Waals surface area contributed by atoms with Crippen molar-refractivity contribution in [2.24, 2.45) is 0 Å². The van der Waals surface area contributed by atoms with Crippen molar-refractivity contribution in [3.63, 3.8) is 0 Å². The van der Waals surface area contributed by atoms with E-state index in [0.717, 1.165) is 4.90 Å². The van der Waals surface area contributed by atoms with Crippen molar-refractivity contribution in [1.82, 2.24) is 0 Å². The topological polar surface area (TPSA) is 23.8 Å². The van der Waals surface area contributed by atoms with Crippen LogP contribution >= 0.6 is 27.7 Å². The molecule has 0 aliphatic carbocycles. The van der Waals surface area contributed by atoms with Crippen molar-refractivity contribution in [2.45, 2.75) is 4.90 Å². The molecule has 3 heteroatoms. The highest BCUT2D eigenvalue weighted by Gasteiger charge is 1.89. The Hall–Kier alpha value is -0.720. The van der Waals surface area contributed by atoms with E-state index in [-0.39, 0.29) is 0 Å². The molecule has 1 rings (SSSR count). The third-order valence-electron chi connectivity index (χ3n) is 1.15. The predicted octanol–water partition coefficient (Wildman–Crippen LogP) is 3.54. The molecule has 0 amide bonds. The van der Waals surface area contributed by atoms with E-state index in [9.17, 15) is 0 Å². The monoisotopic (exact) mass is 239 g/mol. The van der Waals surface area contributed by atoms with Gasteiger partial charge in [-0.3, -0.25) is 0 Å². The fourth-order valence-electron chi connectivity index (χ4n) is 0.645. The van der Waals surface area contributed by atoms with Gasteiger partial charge in [0.15, 0.2) is 0 Å². The van der Waals surface area contributed by atoms with Crippen LogP contribution in [0.3, 0.4) is 0 Å². The summed E-state index contributed by atoms with van der Waals surface area (Å²) >= 11 is 4.64. The first-order valence-electron chi connectivity index (χ1n) is 3.30. The molecule has 0 aromatic heterocycles. The number of hydrogen-bond donors (Lipinski definition) is 0. The van der Waals surface area contributed by atoms with Gasteiger partial charge in [0.1, 0.15) is 10.6 Å². The predicted molar refractivity (Wildman–Crippen MR) is 54.9 cm³/mol. The quantitative estimate of drug-likeness (QED) is 0.583. The van der Waals surface area contributed by atoms with Gasteiger partial charge < -0.3 is 0 Å². The van der Waals surface area contributed by atoms with Gasteiger partial charge in [0, 0.05) is 10.3 Å². The molecule has 1 aromatic rings. The number of rotatable bonds is 2. The van der Waals surface area contributed by atoms with Crippen LogP contribution in [0.1, 0.15) is 0 Å². The molecule has 0 fully saturated rings. The van der Waals surface area contributed by atoms with E-state index >= 15 is 0 Å². The Bertz CT molecular complexity index is 313. The second-order valence-corrected chi connectivity index (χ2v) is 3.81. The highest BCUT2D eigenvalue weighted by Crippen LogP contribution is 2.21. The van der Waals surface area contributed by atoms with Gasteiger partial charge in [0.2, 0.25) is 0 Å². The second kappa shape index (κ2) is 5.02. The zero-order valence-electron chi connectivity index (χ0n) is 6.20. The van der Waals surface area contributed by atoms with Crippen LogP contribution in [0.5, 0.6) is 0 Å². The van der Waals surface area contributed by atoms with Gasteiger partial charge in [0.05, 0.1) is 0 Å². The lowest BCUT2D eigenvalue weighted by Gasteiger charge is -1.92. The number of allylic oxidation sites excluding steroid dienone is 1. The largest absolute Gasteiger partial charge is 0.192 e. The number of thioether (sulfide) groups is 1. The molecule has 0 aliphatic rings. The number of nitriles is 1. The summed E-state index contributed by atoms with van der Waals surface area (Å²) in [6.45, 7) is 0. The molecule has 12 heavy (non-hydrogen) atoms. The van der Waals surface area contributed by atoms with Crippen LogP contribution in [0.2, 0.25) is 0 Å². The average molecular weight is 240 g/mol. The minimum absolute atomic E-state index is 0.552. The Morgan fingerprint density at radius 3 is 2.67 bits per heavy atom. The molecule has 0 unspecified atom stereocenters. The number of benzene rings is 1. The summed E-state index contributed by atoms with van der Waals surface area (Å²) in [6.07, 6.45) is 0. The van der Waals surface area contributed by atoms with Crippen LogP contribution < -0.4 is 0 Å². The van der Waals surface area contributed by atoms with Crippen molar-refractivity contribution >= 4 is 27.7 Å². The minimum Gasteiger partial charge on any atom is -0.192 e. The molecule has 1 nitrogen and oxygen atoms in total. The Morgan fingerprint density at radius 2 is 2.08 bits per heavy atom. The molecule has 0 spiro atoms. The summed E-state index contributed by atoms with van der Waals surface area (Å²) < 4.78 is 0.552. The molecule has 0 N–H and O–H groups in total. The van der Waals surface area contributed by atoms with Gasteiger partial charge in [-0.05, 0) is 28.1 Å². The summed E-state index contributed by atoms with van der Waals surface area (Å²) in [4.78, 5) is 1.13. The highest BCUT2D eigenvalue weighted by atomic mass is 79.9. The summed E-state index contributed by atoms with van der Waals surface area (Å²) in [5.74, 6) is 0. The standard InChI is InChI=1S/C9H6BrNS/c10-8(6-11)7-12-9-4-2-1-3-5-9/h1-5,7H/b8-7+. The van der Waals surface area contributed by atoms with E-state index in [1.165, 1.54) is 11.8 Å². The van der Waals surface area contributed by atoms with Crippen LogP contribution in [0.15, 0.2) is 45.1 Å². The van der Waals surface area contributed by atoms with Crippen LogP contribution in [0.4, 0.5) is 0 Å². The molecular formula is C9H6BrNS. The summed E-state index contributed by atoms with van der Waals surface area (Å²) in [7, 11) is 0. The minimum atomic E-state index is 0.552. The molecule has 0 saturated carbocycles. The maximum atomic E-state index is 8.43. The zero-order chi connectivity index (χ0) is 8.81. The lowest BCUT2D eigenvalue weighted by Crippen LogP contribution is -1.65. The molecule has 0 heterocycles. The van der Waals surface area contributed by atoms with Crippen LogP contribution in [0, 0.1) is 11.3 Å². The van der Waals surface area contributed by atoms with Crippen molar-refractivity contribution in [2.75, 3.05) is 0 Å². The van der Waals surface area contributed by atoms with Gasteiger partial charge >= 0.3 is 0 Å². The fraction of sp³-hybridized carbons (Fsp3) is 0. The first-order valence-corrected chi connectivity index (χ1v) is 4.97. The van der Waals surface area contributed by atoms with Crippen molar-refractivity contribution in [3.8, 4) is 6.07 Å². The highest BCUT2D eigenvalue weighted by molar-refractivity contribution is 9.12.